The maximum atomic E-state index is 12.1. The molecule has 27 heavy (non-hydrogen) atoms. The molecule has 0 radical (unpaired) electrons. The monoisotopic (exact) mass is 372 g/mol. The first-order valence-electron chi connectivity index (χ1n) is 10.1. The Labute approximate surface area is 159 Å². The number of carboxylic acids is 1. The molecule has 5 nitrogen and oxygen atoms in total. The summed E-state index contributed by atoms with van der Waals surface area (Å²) in [5.74, 6) is 0.681. The number of aryl methyl sites for hydroxylation is 1. The van der Waals surface area contributed by atoms with Crippen LogP contribution in [-0.2, 0) is 20.7 Å². The van der Waals surface area contributed by atoms with Crippen LogP contribution >= 0.6 is 0 Å². The summed E-state index contributed by atoms with van der Waals surface area (Å²) < 4.78 is 5.76. The minimum atomic E-state index is -0.963. The number of carbonyl (C=O) groups excluding carboxylic acids is 1. The average molecular weight is 372 g/mol. The van der Waals surface area contributed by atoms with E-state index in [1.165, 1.54) is 11.1 Å². The SMILES string of the molecule is CC12CCC3c4ccc(O)cc4CCC3C1CC[C@@H]2OC(=O)CCC(=O)O. The second kappa shape index (κ2) is 6.84. The summed E-state index contributed by atoms with van der Waals surface area (Å²) >= 11 is 0. The largest absolute Gasteiger partial charge is 0.508 e. The molecule has 0 saturated heterocycles. The molecule has 0 aromatic heterocycles. The van der Waals surface area contributed by atoms with Gasteiger partial charge in [0, 0.05) is 5.41 Å². The van der Waals surface area contributed by atoms with Gasteiger partial charge in [-0.1, -0.05) is 13.0 Å². The number of rotatable bonds is 4. The fraction of sp³-hybridized carbons (Fsp3) is 0.636. The normalized spacial score (nSPS) is 34.3. The Balaban J connectivity index is 1.49. The summed E-state index contributed by atoms with van der Waals surface area (Å²) in [5, 5.41) is 18.6. The third-order valence-corrected chi connectivity index (χ3v) is 7.44. The van der Waals surface area contributed by atoms with Crippen molar-refractivity contribution in [1.82, 2.24) is 0 Å². The molecule has 1 aromatic rings. The number of carbonyl (C=O) groups is 2. The maximum Gasteiger partial charge on any atom is 0.306 e. The van der Waals surface area contributed by atoms with Crippen molar-refractivity contribution in [2.45, 2.75) is 70.3 Å². The van der Waals surface area contributed by atoms with E-state index in [0.717, 1.165) is 38.5 Å². The average Bonchev–Trinajstić information content (AvgIpc) is 2.96. The van der Waals surface area contributed by atoms with Gasteiger partial charge >= 0.3 is 11.9 Å². The number of benzene rings is 1. The van der Waals surface area contributed by atoms with Crippen LogP contribution in [-0.4, -0.2) is 28.3 Å². The van der Waals surface area contributed by atoms with Crippen molar-refractivity contribution >= 4 is 11.9 Å². The third kappa shape index (κ3) is 3.21. The van der Waals surface area contributed by atoms with Gasteiger partial charge in [0.15, 0.2) is 0 Å². The van der Waals surface area contributed by atoms with E-state index in [2.05, 4.69) is 13.0 Å². The molecule has 1 aromatic carbocycles. The number of fused-ring (bicyclic) bond motifs is 5. The van der Waals surface area contributed by atoms with Crippen molar-refractivity contribution in [2.75, 3.05) is 0 Å². The number of aliphatic carboxylic acids is 1. The molecule has 3 aliphatic rings. The number of hydrogen-bond acceptors (Lipinski definition) is 4. The van der Waals surface area contributed by atoms with E-state index in [9.17, 15) is 14.7 Å². The van der Waals surface area contributed by atoms with Crippen LogP contribution in [0.1, 0.15) is 68.9 Å². The number of ether oxygens (including phenoxy) is 1. The minimum absolute atomic E-state index is 0.00548. The lowest BCUT2D eigenvalue weighted by Gasteiger charge is -2.50. The van der Waals surface area contributed by atoms with E-state index < -0.39 is 5.97 Å². The van der Waals surface area contributed by atoms with Gasteiger partial charge < -0.3 is 14.9 Å². The third-order valence-electron chi connectivity index (χ3n) is 7.44. The summed E-state index contributed by atoms with van der Waals surface area (Å²) in [6.45, 7) is 2.27. The molecular weight excluding hydrogens is 344 g/mol. The zero-order valence-corrected chi connectivity index (χ0v) is 15.8. The molecule has 2 N–H and O–H groups in total. The molecule has 0 aliphatic heterocycles. The van der Waals surface area contributed by atoms with E-state index in [4.69, 9.17) is 9.84 Å². The van der Waals surface area contributed by atoms with Gasteiger partial charge in [-0.2, -0.15) is 0 Å². The molecule has 4 unspecified atom stereocenters. The molecule has 5 heteroatoms. The Morgan fingerprint density at radius 2 is 2.00 bits per heavy atom. The zero-order chi connectivity index (χ0) is 19.2. The van der Waals surface area contributed by atoms with Gasteiger partial charge in [-0.25, -0.2) is 0 Å². The lowest BCUT2D eigenvalue weighted by molar-refractivity contribution is -0.159. The molecule has 0 amide bonds. The van der Waals surface area contributed by atoms with Crippen molar-refractivity contribution in [3.8, 4) is 5.75 Å². The summed E-state index contributed by atoms with van der Waals surface area (Å²) in [6, 6.07) is 5.82. The number of carboxylic acid groups (broad SMARTS) is 1. The molecule has 2 fully saturated rings. The van der Waals surface area contributed by atoms with Crippen molar-refractivity contribution in [2.24, 2.45) is 17.3 Å². The molecular formula is C22H28O5. The van der Waals surface area contributed by atoms with Crippen molar-refractivity contribution in [3.63, 3.8) is 0 Å². The second-order valence-corrected chi connectivity index (χ2v) is 8.79. The molecule has 0 bridgehead atoms. The lowest BCUT2D eigenvalue weighted by atomic mass is 9.55. The van der Waals surface area contributed by atoms with E-state index in [1.807, 2.05) is 6.07 Å². The first-order valence-corrected chi connectivity index (χ1v) is 10.1. The van der Waals surface area contributed by atoms with Crippen LogP contribution in [0.3, 0.4) is 0 Å². The standard InChI is InChI=1S/C22H28O5/c1-22-11-10-16-15-5-3-14(23)12-13(15)2-4-17(16)18(22)6-7-19(22)27-21(26)9-8-20(24)25/h3,5,12,16-19,23H,2,4,6-11H2,1H3,(H,24,25)/t16?,17?,18?,19-,22?/m0/s1. The molecule has 0 heterocycles. The van der Waals surface area contributed by atoms with Gasteiger partial charge in [0.25, 0.3) is 0 Å². The van der Waals surface area contributed by atoms with Crippen LogP contribution in [0, 0.1) is 17.3 Å². The quantitative estimate of drug-likeness (QED) is 0.780. The predicted molar refractivity (Wildman–Crippen MR) is 99.5 cm³/mol. The number of hydrogen-bond donors (Lipinski definition) is 2. The van der Waals surface area contributed by atoms with Crippen molar-refractivity contribution < 1.29 is 24.5 Å². The van der Waals surface area contributed by atoms with Crippen LogP contribution in [0.25, 0.3) is 0 Å². The number of aromatic hydroxyl groups is 1. The first-order chi connectivity index (χ1) is 12.9. The van der Waals surface area contributed by atoms with Crippen LogP contribution in [0.4, 0.5) is 0 Å². The summed E-state index contributed by atoms with van der Waals surface area (Å²) in [6.07, 6.45) is 5.88. The Morgan fingerprint density at radius 3 is 2.78 bits per heavy atom. The highest BCUT2D eigenvalue weighted by molar-refractivity contribution is 5.76. The molecule has 2 saturated carbocycles. The summed E-state index contributed by atoms with van der Waals surface area (Å²) in [7, 11) is 0. The molecule has 4 rings (SSSR count). The van der Waals surface area contributed by atoms with Crippen molar-refractivity contribution in [3.05, 3.63) is 29.3 Å². The number of phenols is 1. The zero-order valence-electron chi connectivity index (χ0n) is 15.8. The fourth-order valence-electron chi connectivity index (χ4n) is 6.14. The van der Waals surface area contributed by atoms with E-state index in [0.29, 0.717) is 23.5 Å². The maximum absolute atomic E-state index is 12.1. The van der Waals surface area contributed by atoms with E-state index in [-0.39, 0.29) is 30.3 Å². The van der Waals surface area contributed by atoms with Gasteiger partial charge in [-0.15, -0.1) is 0 Å². The smallest absolute Gasteiger partial charge is 0.306 e. The number of phenolic OH excluding ortho intramolecular Hbond substituents is 1. The lowest BCUT2D eigenvalue weighted by Crippen LogP contribution is -2.45. The van der Waals surface area contributed by atoms with Crippen LogP contribution < -0.4 is 0 Å². The number of esters is 1. The van der Waals surface area contributed by atoms with Crippen LogP contribution in [0.5, 0.6) is 5.75 Å². The Kier molecular flexibility index (Phi) is 4.65. The predicted octanol–water partition coefficient (Wildman–Crippen LogP) is 4.02. The molecule has 5 atom stereocenters. The fourth-order valence-corrected chi connectivity index (χ4v) is 6.14. The molecule has 0 spiro atoms. The highest BCUT2D eigenvalue weighted by Crippen LogP contribution is 2.61. The van der Waals surface area contributed by atoms with Crippen LogP contribution in [0.15, 0.2) is 18.2 Å². The Morgan fingerprint density at radius 1 is 1.19 bits per heavy atom. The van der Waals surface area contributed by atoms with Gasteiger partial charge in [0.05, 0.1) is 12.8 Å². The summed E-state index contributed by atoms with van der Waals surface area (Å²) in [4.78, 5) is 22.8. The minimum Gasteiger partial charge on any atom is -0.508 e. The van der Waals surface area contributed by atoms with E-state index in [1.54, 1.807) is 6.07 Å². The summed E-state index contributed by atoms with van der Waals surface area (Å²) in [5.41, 5.74) is 2.68. The highest BCUT2D eigenvalue weighted by atomic mass is 16.5. The van der Waals surface area contributed by atoms with Crippen LogP contribution in [0.2, 0.25) is 0 Å². The van der Waals surface area contributed by atoms with Gasteiger partial charge in [0.2, 0.25) is 0 Å². The first kappa shape index (κ1) is 18.3. The molecule has 146 valence electrons. The van der Waals surface area contributed by atoms with E-state index >= 15 is 0 Å². The van der Waals surface area contributed by atoms with Gasteiger partial charge in [-0.05, 0) is 79.5 Å². The molecule has 3 aliphatic carbocycles. The Bertz CT molecular complexity index is 757. The van der Waals surface area contributed by atoms with Gasteiger partial charge in [-0.3, -0.25) is 9.59 Å². The van der Waals surface area contributed by atoms with Crippen molar-refractivity contribution in [1.29, 1.82) is 0 Å². The highest BCUT2D eigenvalue weighted by Gasteiger charge is 2.56. The van der Waals surface area contributed by atoms with Gasteiger partial charge in [0.1, 0.15) is 11.9 Å². The topological polar surface area (TPSA) is 83.8 Å². The Hall–Kier alpha value is -2.04. The second-order valence-electron chi connectivity index (χ2n) is 8.79.